The number of rotatable bonds is 0. The van der Waals surface area contributed by atoms with Crippen LogP contribution in [-0.4, -0.2) is 4.66 Å². The fourth-order valence-electron chi connectivity index (χ4n) is 0. The molecule has 4 nitrogen and oxygen atoms in total. The van der Waals surface area contributed by atoms with Crippen LogP contribution >= 0.6 is 9.90 Å². The fourth-order valence-corrected chi connectivity index (χ4v) is 0. The average Bonchev–Trinajstić information content (AvgIpc) is 1.36. The van der Waals surface area contributed by atoms with Crippen molar-refractivity contribution in [3.8, 4) is 0 Å². The van der Waals surface area contributed by atoms with Gasteiger partial charge in [0.1, 0.15) is 0 Å². The Morgan fingerprint density at radius 2 is 1.22 bits per heavy atom. The maximum Gasteiger partial charge on any atom is 1.00 e. The summed E-state index contributed by atoms with van der Waals surface area (Å²) in [7, 11) is -4.69. The van der Waals surface area contributed by atoms with Crippen molar-refractivity contribution >= 4 is 9.90 Å². The standard InChI is InChI=1S/C2H5.Au.ClHO4.H3P/c1-2;;2-1(3,4)5;/h1H2,2H3;;(H,2,3,4,5);1H3/q-1;+1;;. The van der Waals surface area contributed by atoms with E-state index in [-0.39, 0.29) is 32.3 Å². The Labute approximate surface area is 75.1 Å². The fraction of sp³-hybridized carbons (Fsp3) is 0.500. The molecule has 0 heterocycles. The largest absolute Gasteiger partial charge is 1.00 e. The van der Waals surface area contributed by atoms with Crippen LogP contribution in [0.25, 0.3) is 0 Å². The first-order chi connectivity index (χ1) is 3.00. The molecule has 9 heavy (non-hydrogen) atoms. The molecule has 0 aromatic carbocycles. The van der Waals surface area contributed by atoms with Crippen molar-refractivity contribution < 1.29 is 51.3 Å². The van der Waals surface area contributed by atoms with Crippen LogP contribution < -0.4 is 14.0 Å². The Morgan fingerprint density at radius 1 is 1.22 bits per heavy atom. The Kier molecular flexibility index (Phi) is 30.0. The molecular formula is C2H9AuClO4P. The van der Waals surface area contributed by atoms with Gasteiger partial charge in [-0.25, -0.2) is 0 Å². The van der Waals surface area contributed by atoms with Crippen LogP contribution in [0.1, 0.15) is 6.92 Å². The maximum absolute atomic E-state index is 8.60. The SMILES string of the molecule is P.[Au+].[CH2-]C.[O-][Cl+3]([O-])([O-])O. The molecule has 0 aromatic heterocycles. The topological polar surface area (TPSA) is 89.4 Å². The molecule has 0 saturated carbocycles. The van der Waals surface area contributed by atoms with E-state index in [1.54, 1.807) is 6.92 Å². The van der Waals surface area contributed by atoms with E-state index >= 15 is 0 Å². The Morgan fingerprint density at radius 3 is 1.22 bits per heavy atom. The molecule has 7 heteroatoms. The summed E-state index contributed by atoms with van der Waals surface area (Å²) in [6.45, 7) is 5.00. The molecule has 0 aromatic rings. The van der Waals surface area contributed by atoms with Gasteiger partial charge in [-0.05, 0) is 0 Å². The molecule has 1 unspecified atom stereocenters. The molecule has 0 radical (unpaired) electrons. The predicted octanol–water partition coefficient (Wildman–Crippen LogP) is -3.23. The third-order valence-corrected chi connectivity index (χ3v) is 0. The van der Waals surface area contributed by atoms with Crippen LogP contribution in [-0.2, 0) is 22.4 Å². The van der Waals surface area contributed by atoms with Gasteiger partial charge in [-0.2, -0.15) is 30.8 Å². The first-order valence-electron chi connectivity index (χ1n) is 1.34. The summed E-state index contributed by atoms with van der Waals surface area (Å²) in [5.74, 6) is 0. The van der Waals surface area contributed by atoms with Crippen molar-refractivity contribution in [2.24, 2.45) is 0 Å². The van der Waals surface area contributed by atoms with E-state index in [1.165, 1.54) is 0 Å². The third kappa shape index (κ3) is 293. The van der Waals surface area contributed by atoms with Crippen molar-refractivity contribution in [1.82, 2.24) is 0 Å². The zero-order valence-corrected chi connectivity index (χ0v) is 9.10. The van der Waals surface area contributed by atoms with E-state index < -0.39 is 10.2 Å². The quantitative estimate of drug-likeness (QED) is 0.279. The summed E-state index contributed by atoms with van der Waals surface area (Å²) in [6.07, 6.45) is 0. The summed E-state index contributed by atoms with van der Waals surface area (Å²) in [5.41, 5.74) is 0. The van der Waals surface area contributed by atoms with Crippen molar-refractivity contribution in [3.05, 3.63) is 6.92 Å². The van der Waals surface area contributed by atoms with E-state index in [2.05, 4.69) is 6.92 Å². The van der Waals surface area contributed by atoms with Crippen molar-refractivity contribution in [2.45, 2.75) is 6.92 Å². The minimum atomic E-state index is -4.69. The van der Waals surface area contributed by atoms with E-state index in [0.717, 1.165) is 0 Å². The summed E-state index contributed by atoms with van der Waals surface area (Å²) in [6, 6.07) is 0. The van der Waals surface area contributed by atoms with Crippen LogP contribution in [0.2, 0.25) is 0 Å². The monoisotopic (exact) mass is 360 g/mol. The molecule has 0 aliphatic carbocycles. The van der Waals surface area contributed by atoms with Crippen LogP contribution in [0.5, 0.6) is 0 Å². The maximum atomic E-state index is 8.60. The minimum Gasteiger partial charge on any atom is -0.346 e. The predicted molar refractivity (Wildman–Crippen MR) is 24.4 cm³/mol. The van der Waals surface area contributed by atoms with Crippen LogP contribution in [0.3, 0.4) is 0 Å². The number of hydrogen-bond donors (Lipinski definition) is 1. The van der Waals surface area contributed by atoms with Gasteiger partial charge in [-0.1, -0.05) is 0 Å². The molecule has 1 N–H and O–H groups in total. The molecule has 0 aliphatic heterocycles. The van der Waals surface area contributed by atoms with Gasteiger partial charge in [0.25, 0.3) is 0 Å². The van der Waals surface area contributed by atoms with Crippen molar-refractivity contribution in [3.63, 3.8) is 0 Å². The van der Waals surface area contributed by atoms with Gasteiger partial charge >= 0.3 is 22.4 Å². The molecular weight excluding hydrogens is 351 g/mol. The second-order valence-corrected chi connectivity index (χ2v) is 1.19. The minimum absolute atomic E-state index is 0. The number of halogens is 1. The summed E-state index contributed by atoms with van der Waals surface area (Å²) < 4.78 is 32.7. The molecule has 0 fully saturated rings. The van der Waals surface area contributed by atoms with Gasteiger partial charge in [-0.3, -0.25) is 0 Å². The second kappa shape index (κ2) is 12.0. The molecule has 0 saturated heterocycles. The van der Waals surface area contributed by atoms with Gasteiger partial charge in [-0.15, -0.1) is 0 Å². The van der Waals surface area contributed by atoms with Gasteiger partial charge in [0.2, 0.25) is 0 Å². The summed E-state index contributed by atoms with van der Waals surface area (Å²) in [5, 5.41) is 0. The zero-order valence-electron chi connectivity index (χ0n) is 4.77. The van der Waals surface area contributed by atoms with Crippen LogP contribution in [0.15, 0.2) is 0 Å². The van der Waals surface area contributed by atoms with Crippen molar-refractivity contribution in [2.75, 3.05) is 0 Å². The summed E-state index contributed by atoms with van der Waals surface area (Å²) >= 11 is 0. The van der Waals surface area contributed by atoms with Gasteiger partial charge in [0, 0.05) is 0 Å². The van der Waals surface area contributed by atoms with Crippen LogP contribution in [0.4, 0.5) is 0 Å². The van der Waals surface area contributed by atoms with E-state index in [9.17, 15) is 0 Å². The smallest absolute Gasteiger partial charge is 0.346 e. The molecule has 0 bridgehead atoms. The zero-order chi connectivity index (χ0) is 6.50. The normalized spacial score (nSPS) is 7.33. The third-order valence-electron chi connectivity index (χ3n) is 0. The summed E-state index contributed by atoms with van der Waals surface area (Å²) in [4.78, 5) is 0. The Balaban J connectivity index is -0.0000000286. The molecule has 0 aliphatic rings. The molecule has 64 valence electrons. The number of hydrogen-bond acceptors (Lipinski definition) is 4. The molecule has 0 spiro atoms. The van der Waals surface area contributed by atoms with Crippen LogP contribution in [0, 0.1) is 17.2 Å². The first kappa shape index (κ1) is 22.4. The van der Waals surface area contributed by atoms with E-state index in [4.69, 9.17) is 18.6 Å². The van der Waals surface area contributed by atoms with Gasteiger partial charge < -0.3 is 6.92 Å². The van der Waals surface area contributed by atoms with E-state index in [0.29, 0.717) is 0 Å². The molecule has 1 atom stereocenters. The van der Waals surface area contributed by atoms with Gasteiger partial charge in [0.15, 0.2) is 0 Å². The first-order valence-corrected chi connectivity index (χ1v) is 2.60. The molecule has 0 amide bonds. The average molecular weight is 360 g/mol. The van der Waals surface area contributed by atoms with Crippen molar-refractivity contribution in [1.29, 1.82) is 0 Å². The van der Waals surface area contributed by atoms with E-state index in [1.807, 2.05) is 0 Å². The Hall–Kier alpha value is 1.30. The molecule has 0 rings (SSSR count). The second-order valence-electron chi connectivity index (χ2n) is 0.396. The van der Waals surface area contributed by atoms with Gasteiger partial charge in [0.05, 0.1) is 14.9 Å². The Bertz CT molecular complexity index is 34.0.